The second-order valence-corrected chi connectivity index (χ2v) is 6.46. The predicted molar refractivity (Wildman–Crippen MR) is 97.7 cm³/mol. The fourth-order valence-corrected chi connectivity index (χ4v) is 2.84. The summed E-state index contributed by atoms with van der Waals surface area (Å²) in [5.74, 6) is -0.0536. The van der Waals surface area contributed by atoms with Crippen molar-refractivity contribution in [1.82, 2.24) is 15.2 Å². The average molecular weight is 370 g/mol. The molecule has 3 aromatic rings. The number of hydrogen-bond acceptors (Lipinski definition) is 5. The standard InChI is InChI=1S/C18H15FN4O2S/c1-11-16(24)21-18(23-22-11)26-10-12-2-4-13(5-3-12)17(25)20-15-8-6-14(19)7-9-15/h2-9H,10H2,1H3,(H,20,25)(H,21,23,24). The van der Waals surface area contributed by atoms with Gasteiger partial charge in [-0.15, -0.1) is 10.2 Å². The van der Waals surface area contributed by atoms with Crippen molar-refractivity contribution in [2.45, 2.75) is 17.8 Å². The first-order valence-corrected chi connectivity index (χ1v) is 8.72. The Morgan fingerprint density at radius 3 is 2.46 bits per heavy atom. The summed E-state index contributed by atoms with van der Waals surface area (Å²) in [6.45, 7) is 1.59. The fourth-order valence-electron chi connectivity index (χ4n) is 2.08. The summed E-state index contributed by atoms with van der Waals surface area (Å²) in [6.07, 6.45) is 0. The van der Waals surface area contributed by atoms with E-state index < -0.39 is 0 Å². The molecule has 0 bridgehead atoms. The summed E-state index contributed by atoms with van der Waals surface area (Å²) in [5, 5.41) is 10.9. The smallest absolute Gasteiger partial charge is 0.273 e. The third kappa shape index (κ3) is 4.54. The molecule has 132 valence electrons. The first-order valence-electron chi connectivity index (χ1n) is 7.73. The zero-order valence-electron chi connectivity index (χ0n) is 13.8. The van der Waals surface area contributed by atoms with Gasteiger partial charge in [0, 0.05) is 17.0 Å². The number of hydrogen-bond donors (Lipinski definition) is 2. The lowest BCUT2D eigenvalue weighted by atomic mass is 10.1. The number of nitrogens with one attached hydrogen (secondary N) is 2. The molecule has 0 saturated carbocycles. The quantitative estimate of drug-likeness (QED) is 0.674. The molecule has 0 atom stereocenters. The minimum Gasteiger partial charge on any atom is -0.322 e. The summed E-state index contributed by atoms with van der Waals surface area (Å²) < 4.78 is 12.9. The summed E-state index contributed by atoms with van der Waals surface area (Å²) in [7, 11) is 0. The highest BCUT2D eigenvalue weighted by atomic mass is 32.2. The van der Waals surface area contributed by atoms with Gasteiger partial charge in [-0.1, -0.05) is 23.9 Å². The minimum absolute atomic E-state index is 0.254. The zero-order chi connectivity index (χ0) is 18.5. The number of halogens is 1. The van der Waals surface area contributed by atoms with Gasteiger partial charge >= 0.3 is 0 Å². The highest BCUT2D eigenvalue weighted by Gasteiger charge is 2.07. The number of anilines is 1. The van der Waals surface area contributed by atoms with Crippen molar-refractivity contribution in [2.24, 2.45) is 0 Å². The van der Waals surface area contributed by atoms with E-state index in [1.165, 1.54) is 36.0 Å². The third-order valence-electron chi connectivity index (χ3n) is 3.53. The van der Waals surface area contributed by atoms with Crippen LogP contribution < -0.4 is 10.9 Å². The monoisotopic (exact) mass is 370 g/mol. The maximum absolute atomic E-state index is 12.9. The lowest BCUT2D eigenvalue weighted by Crippen LogP contribution is -2.14. The van der Waals surface area contributed by atoms with Crippen LogP contribution in [0, 0.1) is 12.7 Å². The molecule has 0 radical (unpaired) electrons. The third-order valence-corrected chi connectivity index (χ3v) is 4.47. The van der Waals surface area contributed by atoms with E-state index in [2.05, 4.69) is 20.5 Å². The van der Waals surface area contributed by atoms with E-state index in [-0.39, 0.29) is 17.3 Å². The van der Waals surface area contributed by atoms with Crippen LogP contribution in [-0.2, 0) is 5.75 Å². The first kappa shape index (κ1) is 17.8. The number of rotatable bonds is 5. The topological polar surface area (TPSA) is 87.7 Å². The van der Waals surface area contributed by atoms with Crippen molar-refractivity contribution in [3.05, 3.63) is 81.5 Å². The Hall–Kier alpha value is -3.00. The molecule has 0 spiro atoms. The Labute approximate surface area is 152 Å². The molecule has 0 fully saturated rings. The molecule has 26 heavy (non-hydrogen) atoms. The molecule has 0 aliphatic heterocycles. The van der Waals surface area contributed by atoms with Gasteiger partial charge in [-0.2, -0.15) is 0 Å². The molecule has 1 heterocycles. The van der Waals surface area contributed by atoms with Crippen LogP contribution in [0.2, 0.25) is 0 Å². The highest BCUT2D eigenvalue weighted by Crippen LogP contribution is 2.18. The normalized spacial score (nSPS) is 10.5. The van der Waals surface area contributed by atoms with Gasteiger partial charge in [0.15, 0.2) is 5.16 Å². The molecule has 1 aromatic heterocycles. The van der Waals surface area contributed by atoms with Crippen LogP contribution in [0.25, 0.3) is 0 Å². The lowest BCUT2D eigenvalue weighted by Gasteiger charge is -2.06. The number of aromatic amines is 1. The number of thioether (sulfide) groups is 1. The van der Waals surface area contributed by atoms with Crippen molar-refractivity contribution in [3.63, 3.8) is 0 Å². The summed E-state index contributed by atoms with van der Waals surface area (Å²) in [6, 6.07) is 12.6. The van der Waals surface area contributed by atoms with Gasteiger partial charge in [0.1, 0.15) is 11.5 Å². The maximum Gasteiger partial charge on any atom is 0.273 e. The number of amides is 1. The van der Waals surface area contributed by atoms with Crippen LogP contribution in [0.5, 0.6) is 0 Å². The number of aromatic nitrogens is 3. The molecular formula is C18H15FN4O2S. The van der Waals surface area contributed by atoms with E-state index in [4.69, 9.17) is 0 Å². The molecule has 2 aromatic carbocycles. The number of aryl methyl sites for hydroxylation is 1. The lowest BCUT2D eigenvalue weighted by molar-refractivity contribution is 0.102. The molecule has 3 rings (SSSR count). The van der Waals surface area contributed by atoms with Crippen molar-refractivity contribution in [2.75, 3.05) is 5.32 Å². The average Bonchev–Trinajstić information content (AvgIpc) is 2.65. The molecule has 8 heteroatoms. The van der Waals surface area contributed by atoms with Gasteiger partial charge in [0.05, 0.1) is 0 Å². The Morgan fingerprint density at radius 1 is 1.12 bits per heavy atom. The summed E-state index contributed by atoms with van der Waals surface area (Å²) in [4.78, 5) is 26.3. The molecule has 1 amide bonds. The number of carbonyl (C=O) groups excluding carboxylic acids is 1. The Balaban J connectivity index is 1.60. The Kier molecular flexibility index (Phi) is 5.43. The molecule has 6 nitrogen and oxygen atoms in total. The van der Waals surface area contributed by atoms with Crippen LogP contribution in [0.3, 0.4) is 0 Å². The summed E-state index contributed by atoms with van der Waals surface area (Å²) in [5.41, 5.74) is 2.06. The first-order chi connectivity index (χ1) is 12.5. The van der Waals surface area contributed by atoms with Crippen molar-refractivity contribution in [3.8, 4) is 0 Å². The van der Waals surface area contributed by atoms with Crippen molar-refractivity contribution >= 4 is 23.4 Å². The number of benzene rings is 2. The van der Waals surface area contributed by atoms with E-state index in [9.17, 15) is 14.0 Å². The van der Waals surface area contributed by atoms with Crippen LogP contribution >= 0.6 is 11.8 Å². The predicted octanol–water partition coefficient (Wildman–Crippen LogP) is 3.16. The molecule has 0 aliphatic rings. The van der Waals surface area contributed by atoms with Crippen LogP contribution in [0.15, 0.2) is 58.5 Å². The van der Waals surface area contributed by atoms with Crippen LogP contribution in [0.1, 0.15) is 21.6 Å². The van der Waals surface area contributed by atoms with Crippen LogP contribution in [0.4, 0.5) is 10.1 Å². The molecule has 0 saturated heterocycles. The number of H-pyrrole nitrogens is 1. The summed E-state index contributed by atoms with van der Waals surface area (Å²) >= 11 is 1.35. The van der Waals surface area contributed by atoms with E-state index >= 15 is 0 Å². The van der Waals surface area contributed by atoms with Gasteiger partial charge in [-0.25, -0.2) is 4.39 Å². The number of carbonyl (C=O) groups is 1. The van der Waals surface area contributed by atoms with E-state index in [0.29, 0.717) is 27.9 Å². The maximum atomic E-state index is 12.9. The van der Waals surface area contributed by atoms with Crippen LogP contribution in [-0.4, -0.2) is 21.1 Å². The Bertz CT molecular complexity index is 972. The van der Waals surface area contributed by atoms with E-state index in [0.717, 1.165) is 5.56 Å². The van der Waals surface area contributed by atoms with E-state index in [1.807, 2.05) is 12.1 Å². The Morgan fingerprint density at radius 2 is 1.81 bits per heavy atom. The zero-order valence-corrected chi connectivity index (χ0v) is 14.6. The molecule has 0 aliphatic carbocycles. The van der Waals surface area contributed by atoms with Gasteiger partial charge in [0.2, 0.25) is 0 Å². The second-order valence-electron chi connectivity index (χ2n) is 5.49. The minimum atomic E-state index is -0.357. The number of nitrogens with zero attached hydrogens (tertiary/aromatic N) is 2. The van der Waals surface area contributed by atoms with E-state index in [1.54, 1.807) is 19.1 Å². The second kappa shape index (κ2) is 7.92. The molecule has 0 unspecified atom stereocenters. The highest BCUT2D eigenvalue weighted by molar-refractivity contribution is 7.98. The van der Waals surface area contributed by atoms with Crippen molar-refractivity contribution < 1.29 is 9.18 Å². The van der Waals surface area contributed by atoms with Gasteiger partial charge in [-0.05, 0) is 48.9 Å². The van der Waals surface area contributed by atoms with Gasteiger partial charge in [-0.3, -0.25) is 14.6 Å². The largest absolute Gasteiger partial charge is 0.322 e. The van der Waals surface area contributed by atoms with Gasteiger partial charge < -0.3 is 5.32 Å². The molecule has 2 N–H and O–H groups in total. The van der Waals surface area contributed by atoms with Crippen molar-refractivity contribution in [1.29, 1.82) is 0 Å². The SMILES string of the molecule is Cc1nnc(SCc2ccc(C(=O)Nc3ccc(F)cc3)cc2)[nH]c1=O. The van der Waals surface area contributed by atoms with Gasteiger partial charge in [0.25, 0.3) is 11.5 Å². The molecular weight excluding hydrogens is 355 g/mol. The fraction of sp³-hybridized carbons (Fsp3) is 0.111.